The topological polar surface area (TPSA) is 38.8 Å². The minimum Gasteiger partial charge on any atom is -0.383 e. The van der Waals surface area contributed by atoms with Gasteiger partial charge in [0.2, 0.25) is 0 Å². The molecule has 106 valence electrons. The number of benzene rings is 1. The van der Waals surface area contributed by atoms with Crippen LogP contribution in [-0.4, -0.2) is 51.3 Å². The molecule has 0 spiro atoms. The van der Waals surface area contributed by atoms with Crippen molar-refractivity contribution in [2.45, 2.75) is 6.92 Å². The summed E-state index contributed by atoms with van der Waals surface area (Å²) in [4.78, 5) is 13.8. The molecule has 0 atom stereocenters. The molecule has 0 aliphatic heterocycles. The van der Waals surface area contributed by atoms with Crippen LogP contribution in [0, 0.1) is 12.7 Å². The van der Waals surface area contributed by atoms with E-state index in [1.54, 1.807) is 33.3 Å². The number of hydrogen-bond donors (Lipinski definition) is 0. The predicted molar refractivity (Wildman–Crippen MR) is 70.8 cm³/mol. The zero-order valence-electron chi connectivity index (χ0n) is 11.6. The van der Waals surface area contributed by atoms with Crippen LogP contribution in [0.3, 0.4) is 0 Å². The lowest BCUT2D eigenvalue weighted by Gasteiger charge is -2.22. The Bertz CT molecular complexity index is 415. The minimum atomic E-state index is -0.465. The number of carbonyl (C=O) groups is 1. The summed E-state index contributed by atoms with van der Waals surface area (Å²) in [5.41, 5.74) is 0.552. The van der Waals surface area contributed by atoms with E-state index in [2.05, 4.69) is 0 Å². The Morgan fingerprint density at radius 3 is 2.32 bits per heavy atom. The Hall–Kier alpha value is -1.46. The van der Waals surface area contributed by atoms with Crippen molar-refractivity contribution in [2.24, 2.45) is 0 Å². The second kappa shape index (κ2) is 7.86. The first-order valence-electron chi connectivity index (χ1n) is 6.14. The molecule has 0 aliphatic carbocycles. The summed E-state index contributed by atoms with van der Waals surface area (Å²) in [5, 5.41) is 0. The van der Waals surface area contributed by atoms with Gasteiger partial charge in [-0.25, -0.2) is 4.39 Å². The molecular formula is C14H20FNO3. The van der Waals surface area contributed by atoms with Gasteiger partial charge in [-0.05, 0) is 18.6 Å². The average Bonchev–Trinajstić information content (AvgIpc) is 2.41. The molecule has 0 bridgehead atoms. The fraction of sp³-hybridized carbons (Fsp3) is 0.500. The van der Waals surface area contributed by atoms with Gasteiger partial charge >= 0.3 is 0 Å². The van der Waals surface area contributed by atoms with Crippen LogP contribution in [0.1, 0.15) is 15.9 Å². The molecule has 0 saturated heterocycles. The number of aryl methyl sites for hydroxylation is 1. The maximum absolute atomic E-state index is 13.9. The van der Waals surface area contributed by atoms with Gasteiger partial charge in [0.1, 0.15) is 5.82 Å². The quantitative estimate of drug-likeness (QED) is 0.758. The van der Waals surface area contributed by atoms with E-state index < -0.39 is 5.82 Å². The summed E-state index contributed by atoms with van der Waals surface area (Å²) in [6.45, 7) is 3.27. The highest BCUT2D eigenvalue weighted by Gasteiger charge is 2.19. The standard InChI is InChI=1S/C14H20FNO3/c1-11-5-4-6-12(13(11)15)14(17)16(7-9-18-2)8-10-19-3/h4-6H,7-10H2,1-3H3. The SMILES string of the molecule is COCCN(CCOC)C(=O)c1cccc(C)c1F. The van der Waals surface area contributed by atoms with Crippen molar-refractivity contribution in [3.8, 4) is 0 Å². The molecule has 4 nitrogen and oxygen atoms in total. The second-order valence-corrected chi connectivity index (χ2v) is 4.21. The van der Waals surface area contributed by atoms with Crippen LogP contribution in [-0.2, 0) is 9.47 Å². The van der Waals surface area contributed by atoms with Crippen LogP contribution >= 0.6 is 0 Å². The van der Waals surface area contributed by atoms with Gasteiger partial charge in [-0.2, -0.15) is 0 Å². The van der Waals surface area contributed by atoms with E-state index in [0.29, 0.717) is 31.9 Å². The van der Waals surface area contributed by atoms with Crippen molar-refractivity contribution in [1.29, 1.82) is 0 Å². The van der Waals surface area contributed by atoms with Crippen LogP contribution in [0.5, 0.6) is 0 Å². The molecule has 0 heterocycles. The molecule has 0 aliphatic rings. The number of carbonyl (C=O) groups excluding carboxylic acids is 1. The molecule has 5 heteroatoms. The third-order valence-corrected chi connectivity index (χ3v) is 2.84. The fourth-order valence-electron chi connectivity index (χ4n) is 1.70. The number of ether oxygens (including phenoxy) is 2. The van der Waals surface area contributed by atoms with E-state index in [9.17, 15) is 9.18 Å². The first-order valence-corrected chi connectivity index (χ1v) is 6.14. The summed E-state index contributed by atoms with van der Waals surface area (Å²) in [7, 11) is 3.12. The van der Waals surface area contributed by atoms with Gasteiger partial charge in [-0.3, -0.25) is 4.79 Å². The van der Waals surface area contributed by atoms with Crippen molar-refractivity contribution in [1.82, 2.24) is 4.90 Å². The zero-order valence-corrected chi connectivity index (χ0v) is 11.6. The van der Waals surface area contributed by atoms with E-state index in [4.69, 9.17) is 9.47 Å². The lowest BCUT2D eigenvalue weighted by molar-refractivity contribution is 0.0623. The average molecular weight is 269 g/mol. The van der Waals surface area contributed by atoms with Gasteiger partial charge in [-0.1, -0.05) is 12.1 Å². The van der Waals surface area contributed by atoms with Crippen molar-refractivity contribution >= 4 is 5.91 Å². The number of methoxy groups -OCH3 is 2. The second-order valence-electron chi connectivity index (χ2n) is 4.21. The van der Waals surface area contributed by atoms with E-state index >= 15 is 0 Å². The monoisotopic (exact) mass is 269 g/mol. The largest absolute Gasteiger partial charge is 0.383 e. The molecule has 0 radical (unpaired) electrons. The number of amides is 1. The molecular weight excluding hydrogens is 249 g/mol. The molecule has 0 saturated carbocycles. The summed E-state index contributed by atoms with van der Waals surface area (Å²) in [6.07, 6.45) is 0. The zero-order chi connectivity index (χ0) is 14.3. The highest BCUT2D eigenvalue weighted by Crippen LogP contribution is 2.14. The maximum atomic E-state index is 13.9. The maximum Gasteiger partial charge on any atom is 0.256 e. The van der Waals surface area contributed by atoms with Crippen molar-refractivity contribution in [2.75, 3.05) is 40.5 Å². The van der Waals surface area contributed by atoms with Crippen LogP contribution in [0.25, 0.3) is 0 Å². The predicted octanol–water partition coefficient (Wildman–Crippen LogP) is 1.87. The molecule has 19 heavy (non-hydrogen) atoms. The van der Waals surface area contributed by atoms with Crippen molar-refractivity contribution in [3.05, 3.63) is 35.1 Å². The van der Waals surface area contributed by atoms with Gasteiger partial charge < -0.3 is 14.4 Å². The molecule has 1 rings (SSSR count). The minimum absolute atomic E-state index is 0.0900. The van der Waals surface area contributed by atoms with Gasteiger partial charge in [0.25, 0.3) is 5.91 Å². The summed E-state index contributed by atoms with van der Waals surface area (Å²) in [6, 6.07) is 4.81. The first kappa shape index (κ1) is 15.6. The smallest absolute Gasteiger partial charge is 0.256 e. The molecule has 1 amide bonds. The molecule has 0 N–H and O–H groups in total. The van der Waals surface area contributed by atoms with Crippen LogP contribution < -0.4 is 0 Å². The summed E-state index contributed by atoms with van der Waals surface area (Å²) in [5.74, 6) is -0.803. The summed E-state index contributed by atoms with van der Waals surface area (Å²) >= 11 is 0. The van der Waals surface area contributed by atoms with Gasteiger partial charge in [0.05, 0.1) is 18.8 Å². The van der Waals surface area contributed by atoms with Crippen molar-refractivity contribution < 1.29 is 18.7 Å². The van der Waals surface area contributed by atoms with E-state index in [1.807, 2.05) is 0 Å². The molecule has 0 aromatic heterocycles. The highest BCUT2D eigenvalue weighted by molar-refractivity contribution is 5.94. The van der Waals surface area contributed by atoms with Crippen molar-refractivity contribution in [3.63, 3.8) is 0 Å². The van der Waals surface area contributed by atoms with E-state index in [0.717, 1.165) is 0 Å². The fourth-order valence-corrected chi connectivity index (χ4v) is 1.70. The van der Waals surface area contributed by atoms with Gasteiger partial charge in [0.15, 0.2) is 0 Å². The van der Waals surface area contributed by atoms with E-state index in [1.165, 1.54) is 11.0 Å². The Morgan fingerprint density at radius 1 is 1.21 bits per heavy atom. The Morgan fingerprint density at radius 2 is 1.79 bits per heavy atom. The number of halogens is 1. The number of nitrogens with zero attached hydrogens (tertiary/aromatic N) is 1. The van der Waals surface area contributed by atoms with Crippen LogP contribution in [0.15, 0.2) is 18.2 Å². The first-order chi connectivity index (χ1) is 9.11. The van der Waals surface area contributed by atoms with Crippen LogP contribution in [0.2, 0.25) is 0 Å². The molecule has 0 unspecified atom stereocenters. The highest BCUT2D eigenvalue weighted by atomic mass is 19.1. The Balaban J connectivity index is 2.87. The lowest BCUT2D eigenvalue weighted by atomic mass is 10.1. The third kappa shape index (κ3) is 4.29. The Labute approximate surface area is 113 Å². The van der Waals surface area contributed by atoms with Gasteiger partial charge in [0, 0.05) is 27.3 Å². The van der Waals surface area contributed by atoms with E-state index in [-0.39, 0.29) is 11.5 Å². The van der Waals surface area contributed by atoms with Crippen LogP contribution in [0.4, 0.5) is 4.39 Å². The Kier molecular flexibility index (Phi) is 6.45. The molecule has 1 aromatic carbocycles. The molecule has 0 fully saturated rings. The third-order valence-electron chi connectivity index (χ3n) is 2.84. The number of rotatable bonds is 7. The normalized spacial score (nSPS) is 10.5. The number of hydrogen-bond acceptors (Lipinski definition) is 3. The lowest BCUT2D eigenvalue weighted by Crippen LogP contribution is -2.37. The van der Waals surface area contributed by atoms with Gasteiger partial charge in [-0.15, -0.1) is 0 Å². The molecule has 1 aromatic rings. The summed E-state index contributed by atoms with van der Waals surface area (Å²) < 4.78 is 23.9.